The number of nitrogens with zero attached hydrogens (tertiary/aromatic N) is 2. The molecule has 5 nitrogen and oxygen atoms in total. The van der Waals surface area contributed by atoms with Crippen molar-refractivity contribution in [1.82, 2.24) is 10.2 Å². The Labute approximate surface area is 250 Å². The molecule has 1 heterocycles. The number of ether oxygens (including phenoxy) is 2. The Bertz CT molecular complexity index is 1250. The third-order valence-electron chi connectivity index (χ3n) is 8.65. The lowest BCUT2D eigenvalue weighted by molar-refractivity contribution is 0.249. The van der Waals surface area contributed by atoms with Crippen LogP contribution >= 0.6 is 11.6 Å². The van der Waals surface area contributed by atoms with Gasteiger partial charge in [-0.3, -0.25) is 4.99 Å². The molecule has 0 radical (unpaired) electrons. The minimum atomic E-state index is -0.412. The Morgan fingerprint density at radius 2 is 1.44 bits per heavy atom. The van der Waals surface area contributed by atoms with Gasteiger partial charge in [0.1, 0.15) is 22.8 Å². The van der Waals surface area contributed by atoms with E-state index >= 15 is 0 Å². The highest BCUT2D eigenvalue weighted by atomic mass is 35.5. The first-order chi connectivity index (χ1) is 20.1. The molecule has 218 valence electrons. The SMILES string of the molecule is CCN(CC)CCCOc1ccc(C2(c3ccc(Oc4ccc(Cl)cc4)cc3)CN=C(CCC3CCCC3)N2)cc1. The number of benzene rings is 3. The smallest absolute Gasteiger partial charge is 0.127 e. The van der Waals surface area contributed by atoms with E-state index in [1.165, 1.54) is 43.2 Å². The lowest BCUT2D eigenvalue weighted by atomic mass is 9.83. The Kier molecular flexibility index (Phi) is 10.2. The molecule has 1 N–H and O–H groups in total. The predicted octanol–water partition coefficient (Wildman–Crippen LogP) is 8.46. The number of hydrogen-bond donors (Lipinski definition) is 1. The van der Waals surface area contributed by atoms with Crippen LogP contribution in [0.3, 0.4) is 0 Å². The number of rotatable bonds is 14. The van der Waals surface area contributed by atoms with Crippen molar-refractivity contribution >= 4 is 17.4 Å². The summed E-state index contributed by atoms with van der Waals surface area (Å²) in [5, 5.41) is 4.58. The van der Waals surface area contributed by atoms with E-state index in [0.717, 1.165) is 68.1 Å². The van der Waals surface area contributed by atoms with E-state index in [4.69, 9.17) is 26.1 Å². The molecule has 0 amide bonds. The highest BCUT2D eigenvalue weighted by Crippen LogP contribution is 2.37. The lowest BCUT2D eigenvalue weighted by Crippen LogP contribution is -2.44. The molecule has 0 saturated heterocycles. The van der Waals surface area contributed by atoms with Crippen LogP contribution in [0, 0.1) is 5.92 Å². The maximum Gasteiger partial charge on any atom is 0.127 e. The zero-order chi connectivity index (χ0) is 28.5. The Hall–Kier alpha value is -3.02. The molecule has 0 aromatic heterocycles. The van der Waals surface area contributed by atoms with Gasteiger partial charge in [0.05, 0.1) is 19.0 Å². The van der Waals surface area contributed by atoms with Crippen LogP contribution < -0.4 is 14.8 Å². The van der Waals surface area contributed by atoms with Crippen molar-refractivity contribution in [3.8, 4) is 17.2 Å². The summed E-state index contributed by atoms with van der Waals surface area (Å²) in [6.07, 6.45) is 8.74. The van der Waals surface area contributed by atoms with Crippen LogP contribution in [0.25, 0.3) is 0 Å². The van der Waals surface area contributed by atoms with E-state index in [0.29, 0.717) is 11.6 Å². The van der Waals surface area contributed by atoms with E-state index in [2.05, 4.69) is 60.5 Å². The molecule has 2 aliphatic rings. The molecule has 3 aromatic rings. The Morgan fingerprint density at radius 3 is 2.05 bits per heavy atom. The van der Waals surface area contributed by atoms with Crippen LogP contribution in [-0.4, -0.2) is 43.5 Å². The van der Waals surface area contributed by atoms with Crippen molar-refractivity contribution in [3.05, 3.63) is 88.9 Å². The summed E-state index contributed by atoms with van der Waals surface area (Å²) in [5.41, 5.74) is 1.96. The minimum Gasteiger partial charge on any atom is -0.494 e. The van der Waals surface area contributed by atoms with Crippen LogP contribution in [0.5, 0.6) is 17.2 Å². The second-order valence-electron chi connectivity index (χ2n) is 11.3. The first-order valence-electron chi connectivity index (χ1n) is 15.4. The quantitative estimate of drug-likeness (QED) is 0.196. The average molecular weight is 574 g/mol. The third-order valence-corrected chi connectivity index (χ3v) is 8.91. The molecular formula is C35H44ClN3O2. The van der Waals surface area contributed by atoms with Crippen LogP contribution in [0.4, 0.5) is 0 Å². The van der Waals surface area contributed by atoms with E-state index in [1.54, 1.807) is 0 Å². The van der Waals surface area contributed by atoms with Gasteiger partial charge in [0.15, 0.2) is 0 Å². The standard InChI is InChI=1S/C35H44ClN3O2/c1-3-39(4-2)24-7-25-40-31-17-11-28(12-18-31)35(26-37-34(38-35)23-10-27-8-5-6-9-27)29-13-19-32(20-14-29)41-33-21-15-30(36)16-22-33/h11-22,27H,3-10,23-26H2,1-2H3,(H,37,38). The molecule has 3 aromatic carbocycles. The summed E-state index contributed by atoms with van der Waals surface area (Å²) in [4.78, 5) is 7.47. The van der Waals surface area contributed by atoms with E-state index in [-0.39, 0.29) is 0 Å². The molecular weight excluding hydrogens is 530 g/mol. The molecule has 1 unspecified atom stereocenters. The first kappa shape index (κ1) is 29.5. The van der Waals surface area contributed by atoms with Crippen LogP contribution in [0.2, 0.25) is 5.02 Å². The number of amidine groups is 1. The van der Waals surface area contributed by atoms with Crippen molar-refractivity contribution in [2.75, 3.05) is 32.8 Å². The molecule has 6 heteroatoms. The normalized spacial score (nSPS) is 18.9. The van der Waals surface area contributed by atoms with Gasteiger partial charge in [-0.05, 0) is 91.5 Å². The number of hydrogen-bond acceptors (Lipinski definition) is 5. The summed E-state index contributed by atoms with van der Waals surface area (Å²) >= 11 is 6.03. The molecule has 1 saturated carbocycles. The Balaban J connectivity index is 1.29. The van der Waals surface area contributed by atoms with Crippen molar-refractivity contribution in [3.63, 3.8) is 0 Å². The van der Waals surface area contributed by atoms with Crippen LogP contribution in [0.1, 0.15) is 69.9 Å². The second kappa shape index (κ2) is 14.2. The fourth-order valence-electron chi connectivity index (χ4n) is 6.11. The molecule has 41 heavy (non-hydrogen) atoms. The summed E-state index contributed by atoms with van der Waals surface area (Å²) in [6, 6.07) is 24.4. The zero-order valence-electron chi connectivity index (χ0n) is 24.6. The van der Waals surface area contributed by atoms with Crippen molar-refractivity contribution in [1.29, 1.82) is 0 Å². The van der Waals surface area contributed by atoms with Gasteiger partial charge in [-0.25, -0.2) is 0 Å². The highest BCUT2D eigenvalue weighted by molar-refractivity contribution is 6.30. The topological polar surface area (TPSA) is 46.1 Å². The summed E-state index contributed by atoms with van der Waals surface area (Å²) in [7, 11) is 0. The molecule has 1 aliphatic heterocycles. The Morgan fingerprint density at radius 1 is 0.854 bits per heavy atom. The fourth-order valence-corrected chi connectivity index (χ4v) is 6.24. The average Bonchev–Trinajstić information content (AvgIpc) is 3.69. The zero-order valence-corrected chi connectivity index (χ0v) is 25.3. The van der Waals surface area contributed by atoms with Crippen molar-refractivity contribution in [2.45, 2.75) is 64.3 Å². The van der Waals surface area contributed by atoms with Gasteiger partial charge < -0.3 is 19.7 Å². The fraction of sp³-hybridized carbons (Fsp3) is 0.457. The van der Waals surface area contributed by atoms with Crippen molar-refractivity contribution in [2.24, 2.45) is 10.9 Å². The third kappa shape index (κ3) is 7.64. The largest absolute Gasteiger partial charge is 0.494 e. The number of nitrogens with one attached hydrogen (secondary N) is 1. The van der Waals surface area contributed by atoms with E-state index in [9.17, 15) is 0 Å². The summed E-state index contributed by atoms with van der Waals surface area (Å²) < 4.78 is 12.2. The van der Waals surface area contributed by atoms with E-state index < -0.39 is 5.54 Å². The van der Waals surface area contributed by atoms with Gasteiger partial charge in [-0.2, -0.15) is 0 Å². The van der Waals surface area contributed by atoms with Crippen LogP contribution in [-0.2, 0) is 5.54 Å². The molecule has 1 atom stereocenters. The number of halogens is 1. The molecule has 5 rings (SSSR count). The number of aliphatic imine (C=N–C) groups is 1. The second-order valence-corrected chi connectivity index (χ2v) is 11.8. The highest BCUT2D eigenvalue weighted by Gasteiger charge is 2.39. The van der Waals surface area contributed by atoms with Gasteiger partial charge in [-0.1, -0.05) is 75.4 Å². The summed E-state index contributed by atoms with van der Waals surface area (Å²) in [6.45, 7) is 9.05. The van der Waals surface area contributed by atoms with Crippen LogP contribution in [0.15, 0.2) is 77.8 Å². The van der Waals surface area contributed by atoms with Gasteiger partial charge in [0.2, 0.25) is 0 Å². The van der Waals surface area contributed by atoms with Gasteiger partial charge in [-0.15, -0.1) is 0 Å². The summed E-state index contributed by atoms with van der Waals surface area (Å²) in [5.74, 6) is 4.43. The maximum absolute atomic E-state index is 6.10. The van der Waals surface area contributed by atoms with Gasteiger partial charge >= 0.3 is 0 Å². The van der Waals surface area contributed by atoms with Gasteiger partial charge in [0, 0.05) is 18.0 Å². The maximum atomic E-state index is 6.10. The lowest BCUT2D eigenvalue weighted by Gasteiger charge is -2.31. The van der Waals surface area contributed by atoms with Crippen molar-refractivity contribution < 1.29 is 9.47 Å². The van der Waals surface area contributed by atoms with Gasteiger partial charge in [0.25, 0.3) is 0 Å². The first-order valence-corrected chi connectivity index (χ1v) is 15.8. The molecule has 0 spiro atoms. The monoisotopic (exact) mass is 573 g/mol. The minimum absolute atomic E-state index is 0.412. The predicted molar refractivity (Wildman–Crippen MR) is 170 cm³/mol. The van der Waals surface area contributed by atoms with E-state index in [1.807, 2.05) is 36.4 Å². The molecule has 0 bridgehead atoms. The molecule has 1 fully saturated rings. The molecule has 1 aliphatic carbocycles.